The van der Waals surface area contributed by atoms with Crippen LogP contribution < -0.4 is 10.1 Å². The first-order valence-electron chi connectivity index (χ1n) is 11.8. The summed E-state index contributed by atoms with van der Waals surface area (Å²) in [7, 11) is 0. The van der Waals surface area contributed by atoms with Crippen LogP contribution >= 0.6 is 0 Å². The molecule has 0 radical (unpaired) electrons. The average Bonchev–Trinajstić information content (AvgIpc) is 3.33. The van der Waals surface area contributed by atoms with E-state index < -0.39 is 17.6 Å². The summed E-state index contributed by atoms with van der Waals surface area (Å²) >= 11 is 0. The number of ether oxygens (including phenoxy) is 1. The molecule has 1 amide bonds. The standard InChI is InChI=1S/C26H27F4N3O2/c27-19-6-3-17(4-7-19)23-14-18(26(28,29)30)5-12-24(23)35-22-10-8-20(9-11-22)32-16-25(34)33-13-1-2-21(33)15-31/h3-7,12,14,20-22,32H,1-2,8-11,13,16H2. The van der Waals surface area contributed by atoms with Gasteiger partial charge in [0.2, 0.25) is 5.91 Å². The Morgan fingerprint density at radius 2 is 1.80 bits per heavy atom. The summed E-state index contributed by atoms with van der Waals surface area (Å²) in [5.74, 6) is -0.214. The van der Waals surface area contributed by atoms with Crippen molar-refractivity contribution in [1.82, 2.24) is 10.2 Å². The Kier molecular flexibility index (Phi) is 7.60. The summed E-state index contributed by atoms with van der Waals surface area (Å²) in [6.07, 6.45) is -0.248. The van der Waals surface area contributed by atoms with Crippen LogP contribution in [0.15, 0.2) is 42.5 Å². The fourth-order valence-electron chi connectivity index (χ4n) is 4.76. The van der Waals surface area contributed by atoms with Crippen LogP contribution in [0.25, 0.3) is 11.1 Å². The van der Waals surface area contributed by atoms with Crippen molar-refractivity contribution in [2.24, 2.45) is 0 Å². The molecule has 1 saturated heterocycles. The quantitative estimate of drug-likeness (QED) is 0.559. The number of carbonyl (C=O) groups is 1. The normalized spacial score (nSPS) is 22.6. The molecule has 0 aromatic heterocycles. The number of alkyl halides is 3. The Morgan fingerprint density at radius 3 is 2.46 bits per heavy atom. The van der Waals surface area contributed by atoms with Crippen molar-refractivity contribution in [3.05, 3.63) is 53.8 Å². The Bertz CT molecular complexity index is 1070. The van der Waals surface area contributed by atoms with Gasteiger partial charge in [0, 0.05) is 18.2 Å². The molecule has 1 atom stereocenters. The highest BCUT2D eigenvalue weighted by atomic mass is 19.4. The molecule has 0 bridgehead atoms. The second kappa shape index (κ2) is 10.6. The third kappa shape index (κ3) is 6.12. The molecular formula is C26H27F4N3O2. The van der Waals surface area contributed by atoms with Gasteiger partial charge in [-0.2, -0.15) is 18.4 Å². The van der Waals surface area contributed by atoms with Gasteiger partial charge in [-0.25, -0.2) is 4.39 Å². The number of amides is 1. The summed E-state index contributed by atoms with van der Waals surface area (Å²) in [5, 5.41) is 12.4. The first-order valence-corrected chi connectivity index (χ1v) is 11.8. The van der Waals surface area contributed by atoms with E-state index in [0.717, 1.165) is 31.4 Å². The zero-order valence-electron chi connectivity index (χ0n) is 19.2. The molecule has 2 aromatic carbocycles. The molecule has 2 aliphatic rings. The minimum atomic E-state index is -4.50. The number of halogens is 4. The highest BCUT2D eigenvalue weighted by Gasteiger charge is 2.32. The van der Waals surface area contributed by atoms with Crippen LogP contribution in [-0.2, 0) is 11.0 Å². The molecule has 186 valence electrons. The second-order valence-corrected chi connectivity index (χ2v) is 9.06. The lowest BCUT2D eigenvalue weighted by Crippen LogP contribution is -2.45. The van der Waals surface area contributed by atoms with E-state index in [1.54, 1.807) is 4.90 Å². The van der Waals surface area contributed by atoms with Gasteiger partial charge in [0.15, 0.2) is 0 Å². The lowest BCUT2D eigenvalue weighted by Gasteiger charge is -2.31. The van der Waals surface area contributed by atoms with Crippen molar-refractivity contribution in [1.29, 1.82) is 5.26 Å². The third-order valence-corrected chi connectivity index (χ3v) is 6.69. The molecule has 1 N–H and O–H groups in total. The van der Waals surface area contributed by atoms with E-state index >= 15 is 0 Å². The molecule has 1 aliphatic carbocycles. The highest BCUT2D eigenvalue weighted by Crippen LogP contribution is 2.38. The zero-order valence-corrected chi connectivity index (χ0v) is 19.2. The van der Waals surface area contributed by atoms with E-state index in [0.29, 0.717) is 37.1 Å². The van der Waals surface area contributed by atoms with Gasteiger partial charge in [0.1, 0.15) is 17.6 Å². The molecule has 2 fully saturated rings. The van der Waals surface area contributed by atoms with Gasteiger partial charge in [-0.3, -0.25) is 4.79 Å². The van der Waals surface area contributed by atoms with Gasteiger partial charge in [-0.15, -0.1) is 0 Å². The van der Waals surface area contributed by atoms with Crippen LogP contribution in [0.1, 0.15) is 44.1 Å². The summed E-state index contributed by atoms with van der Waals surface area (Å²) in [4.78, 5) is 14.1. The molecule has 35 heavy (non-hydrogen) atoms. The summed E-state index contributed by atoms with van der Waals surface area (Å²) in [6.45, 7) is 0.796. The molecule has 1 heterocycles. The van der Waals surface area contributed by atoms with Gasteiger partial charge in [-0.1, -0.05) is 12.1 Å². The molecule has 5 nitrogen and oxygen atoms in total. The third-order valence-electron chi connectivity index (χ3n) is 6.69. The van der Waals surface area contributed by atoms with E-state index in [2.05, 4.69) is 11.4 Å². The number of carbonyl (C=O) groups excluding carboxylic acids is 1. The highest BCUT2D eigenvalue weighted by molar-refractivity contribution is 5.79. The largest absolute Gasteiger partial charge is 0.490 e. The van der Waals surface area contributed by atoms with Crippen LogP contribution in [0.3, 0.4) is 0 Å². The summed E-state index contributed by atoms with van der Waals surface area (Å²) in [5.41, 5.74) is -0.0827. The lowest BCUT2D eigenvalue weighted by molar-refractivity contribution is -0.137. The summed E-state index contributed by atoms with van der Waals surface area (Å²) < 4.78 is 59.4. The predicted octanol–water partition coefficient (Wildman–Crippen LogP) is 5.31. The predicted molar refractivity (Wildman–Crippen MR) is 122 cm³/mol. The Morgan fingerprint density at radius 1 is 1.09 bits per heavy atom. The number of rotatable bonds is 6. The monoisotopic (exact) mass is 489 g/mol. The van der Waals surface area contributed by atoms with Crippen LogP contribution in [0.4, 0.5) is 17.6 Å². The SMILES string of the molecule is N#CC1CCCN1C(=O)CNC1CCC(Oc2ccc(C(F)(F)F)cc2-c2ccc(F)cc2)CC1. The Hall–Kier alpha value is -3.12. The lowest BCUT2D eigenvalue weighted by atomic mass is 9.92. The number of hydrogen-bond donors (Lipinski definition) is 1. The van der Waals surface area contributed by atoms with Crippen molar-refractivity contribution in [3.8, 4) is 22.9 Å². The van der Waals surface area contributed by atoms with Gasteiger partial charge in [0.25, 0.3) is 0 Å². The van der Waals surface area contributed by atoms with Crippen molar-refractivity contribution < 1.29 is 27.1 Å². The maximum Gasteiger partial charge on any atom is 0.416 e. The smallest absolute Gasteiger partial charge is 0.416 e. The molecule has 1 unspecified atom stereocenters. The van der Waals surface area contributed by atoms with Crippen molar-refractivity contribution in [2.45, 2.75) is 62.9 Å². The Balaban J connectivity index is 1.37. The van der Waals surface area contributed by atoms with Crippen molar-refractivity contribution >= 4 is 5.91 Å². The van der Waals surface area contributed by atoms with Crippen molar-refractivity contribution in [3.63, 3.8) is 0 Å². The van der Waals surface area contributed by atoms with Gasteiger partial charge < -0.3 is 15.0 Å². The maximum absolute atomic E-state index is 13.4. The van der Waals surface area contributed by atoms with E-state index in [1.165, 1.54) is 30.3 Å². The van der Waals surface area contributed by atoms with E-state index in [1.807, 2.05) is 0 Å². The molecule has 1 saturated carbocycles. The molecule has 4 rings (SSSR count). The fraction of sp³-hybridized carbons (Fsp3) is 0.462. The average molecular weight is 490 g/mol. The molecule has 1 aliphatic heterocycles. The van der Waals surface area contributed by atoms with Crippen LogP contribution in [0.5, 0.6) is 5.75 Å². The van der Waals surface area contributed by atoms with Crippen LogP contribution in [0.2, 0.25) is 0 Å². The first-order chi connectivity index (χ1) is 16.7. The topological polar surface area (TPSA) is 65.4 Å². The Labute approximate surface area is 201 Å². The van der Waals surface area contributed by atoms with Gasteiger partial charge in [0.05, 0.1) is 24.3 Å². The minimum Gasteiger partial charge on any atom is -0.490 e. The fourth-order valence-corrected chi connectivity index (χ4v) is 4.76. The molecule has 9 heteroatoms. The number of hydrogen-bond acceptors (Lipinski definition) is 4. The van der Waals surface area contributed by atoms with Crippen molar-refractivity contribution in [2.75, 3.05) is 13.1 Å². The molecule has 2 aromatic rings. The van der Waals surface area contributed by atoms with Crippen LogP contribution in [0, 0.1) is 17.1 Å². The number of nitrogens with zero attached hydrogens (tertiary/aromatic N) is 2. The van der Waals surface area contributed by atoms with Gasteiger partial charge in [-0.05, 0) is 74.4 Å². The van der Waals surface area contributed by atoms with E-state index in [9.17, 15) is 22.4 Å². The second-order valence-electron chi connectivity index (χ2n) is 9.06. The minimum absolute atomic E-state index is 0.0684. The summed E-state index contributed by atoms with van der Waals surface area (Å²) in [6, 6.07) is 10.6. The van der Waals surface area contributed by atoms with E-state index in [4.69, 9.17) is 10.00 Å². The van der Waals surface area contributed by atoms with E-state index in [-0.39, 0.29) is 36.2 Å². The number of benzene rings is 2. The number of likely N-dealkylation sites (tertiary alicyclic amines) is 1. The maximum atomic E-state index is 13.4. The van der Waals surface area contributed by atoms with Crippen LogP contribution in [-0.4, -0.2) is 42.1 Å². The first kappa shape index (κ1) is 25.0. The number of nitriles is 1. The number of nitrogens with one attached hydrogen (secondary N) is 1. The molecular weight excluding hydrogens is 462 g/mol. The molecule has 0 spiro atoms. The van der Waals surface area contributed by atoms with Gasteiger partial charge >= 0.3 is 6.18 Å². The zero-order chi connectivity index (χ0) is 25.0.